The molecule has 2 unspecified atom stereocenters. The zero-order valence-corrected chi connectivity index (χ0v) is 23.1. The summed E-state index contributed by atoms with van der Waals surface area (Å²) in [5, 5.41) is 0. The Balaban J connectivity index is 1.10. The lowest BCUT2D eigenvalue weighted by Crippen LogP contribution is -2.32. The fourth-order valence-corrected chi connectivity index (χ4v) is 7.47. The molecule has 2 atom stereocenters. The van der Waals surface area contributed by atoms with Gasteiger partial charge in [-0.2, -0.15) is 4.39 Å². The van der Waals surface area contributed by atoms with Crippen LogP contribution in [-0.2, 0) is 4.74 Å². The van der Waals surface area contributed by atoms with Crippen LogP contribution in [0.4, 0.5) is 8.78 Å². The normalized spacial score (nSPS) is 30.4. The molecule has 2 aliphatic carbocycles. The Bertz CT molecular complexity index is 1050. The molecule has 1 aliphatic heterocycles. The van der Waals surface area contributed by atoms with Gasteiger partial charge in [0.15, 0.2) is 11.6 Å². The molecule has 206 valence electrons. The second kappa shape index (κ2) is 12.8. The smallest absolute Gasteiger partial charge is 0.201 e. The molecule has 0 spiro atoms. The van der Waals surface area contributed by atoms with Crippen LogP contribution in [0.1, 0.15) is 89.7 Å². The molecule has 5 rings (SSSR count). The van der Waals surface area contributed by atoms with E-state index in [0.29, 0.717) is 18.1 Å². The van der Waals surface area contributed by atoms with Gasteiger partial charge in [0.1, 0.15) is 0 Å². The van der Waals surface area contributed by atoms with Crippen molar-refractivity contribution in [1.29, 1.82) is 0 Å². The van der Waals surface area contributed by atoms with Crippen LogP contribution in [0.25, 0.3) is 11.1 Å². The minimum atomic E-state index is -0.930. The second-order valence-corrected chi connectivity index (χ2v) is 11.8. The number of allylic oxidation sites excluding steroid dienone is 2. The first-order valence-electron chi connectivity index (χ1n) is 15.0. The summed E-state index contributed by atoms with van der Waals surface area (Å²) >= 11 is 0. The third kappa shape index (κ3) is 6.17. The van der Waals surface area contributed by atoms with E-state index < -0.39 is 11.6 Å². The van der Waals surface area contributed by atoms with E-state index in [-0.39, 0.29) is 17.4 Å². The van der Waals surface area contributed by atoms with Crippen LogP contribution in [0.2, 0.25) is 0 Å². The fourth-order valence-electron chi connectivity index (χ4n) is 7.47. The second-order valence-electron chi connectivity index (χ2n) is 11.8. The highest BCUT2D eigenvalue weighted by molar-refractivity contribution is 5.65. The topological polar surface area (TPSA) is 18.5 Å². The number of halogens is 2. The molecule has 3 aliphatic rings. The van der Waals surface area contributed by atoms with E-state index in [0.717, 1.165) is 42.3 Å². The van der Waals surface area contributed by atoms with Crippen molar-refractivity contribution in [1.82, 2.24) is 0 Å². The van der Waals surface area contributed by atoms with E-state index in [1.165, 1.54) is 63.9 Å². The van der Waals surface area contributed by atoms with Crippen molar-refractivity contribution in [2.24, 2.45) is 29.6 Å². The lowest BCUT2D eigenvalue weighted by Gasteiger charge is -2.41. The molecule has 2 aromatic carbocycles. The van der Waals surface area contributed by atoms with Crippen LogP contribution in [0.5, 0.6) is 5.75 Å². The largest absolute Gasteiger partial charge is 0.491 e. The molecule has 0 radical (unpaired) electrons. The van der Waals surface area contributed by atoms with Crippen LogP contribution in [0.3, 0.4) is 0 Å². The number of rotatable bonds is 7. The quantitative estimate of drug-likeness (QED) is 0.337. The summed E-state index contributed by atoms with van der Waals surface area (Å²) in [6.45, 7) is 5.04. The first kappa shape index (κ1) is 27.4. The summed E-state index contributed by atoms with van der Waals surface area (Å²) in [7, 11) is 0. The number of benzene rings is 2. The maximum Gasteiger partial charge on any atom is 0.201 e. The SMILES string of the molecule is CC=CC1CCC(C2CCC(C3CCC(c4ccc(-c5ccc(OCC)c(F)c5F)cc4)OC3)CC2)CC1. The van der Waals surface area contributed by atoms with Gasteiger partial charge in [-0.1, -0.05) is 36.4 Å². The fraction of sp³-hybridized carbons (Fsp3) is 0.588. The Kier molecular flexibility index (Phi) is 9.20. The lowest BCUT2D eigenvalue weighted by molar-refractivity contribution is -0.0420. The number of hydrogen-bond donors (Lipinski definition) is 0. The van der Waals surface area contributed by atoms with Crippen molar-refractivity contribution in [2.75, 3.05) is 13.2 Å². The maximum atomic E-state index is 14.6. The van der Waals surface area contributed by atoms with Gasteiger partial charge in [-0.25, -0.2) is 4.39 Å². The Morgan fingerprint density at radius 2 is 1.37 bits per heavy atom. The van der Waals surface area contributed by atoms with Gasteiger partial charge in [-0.05, 0) is 131 Å². The van der Waals surface area contributed by atoms with Gasteiger partial charge in [-0.15, -0.1) is 0 Å². The molecule has 0 aromatic heterocycles. The Morgan fingerprint density at radius 3 is 1.95 bits per heavy atom. The van der Waals surface area contributed by atoms with Crippen molar-refractivity contribution >= 4 is 0 Å². The molecule has 2 saturated carbocycles. The molecule has 2 aromatic rings. The predicted octanol–water partition coefficient (Wildman–Crippen LogP) is 9.69. The van der Waals surface area contributed by atoms with Gasteiger partial charge in [0, 0.05) is 5.56 Å². The predicted molar refractivity (Wildman–Crippen MR) is 150 cm³/mol. The van der Waals surface area contributed by atoms with Crippen molar-refractivity contribution < 1.29 is 18.3 Å². The molecular formula is C34H44F2O2. The van der Waals surface area contributed by atoms with Crippen LogP contribution in [-0.4, -0.2) is 13.2 Å². The van der Waals surface area contributed by atoms with Gasteiger partial charge in [0.25, 0.3) is 0 Å². The molecule has 0 N–H and O–H groups in total. The summed E-state index contributed by atoms with van der Waals surface area (Å²) in [5.74, 6) is 2.38. The van der Waals surface area contributed by atoms with Crippen molar-refractivity contribution in [3.63, 3.8) is 0 Å². The molecule has 2 nitrogen and oxygen atoms in total. The molecular weight excluding hydrogens is 478 g/mol. The lowest BCUT2D eigenvalue weighted by atomic mass is 9.66. The zero-order chi connectivity index (χ0) is 26.5. The highest BCUT2D eigenvalue weighted by Gasteiger charge is 2.35. The highest BCUT2D eigenvalue weighted by Crippen LogP contribution is 2.45. The molecule has 38 heavy (non-hydrogen) atoms. The first-order chi connectivity index (χ1) is 18.6. The minimum absolute atomic E-state index is 0.0452. The number of hydrogen-bond acceptors (Lipinski definition) is 2. The van der Waals surface area contributed by atoms with E-state index in [9.17, 15) is 8.78 Å². The van der Waals surface area contributed by atoms with Crippen LogP contribution >= 0.6 is 0 Å². The van der Waals surface area contributed by atoms with Crippen LogP contribution in [0, 0.1) is 41.2 Å². The monoisotopic (exact) mass is 522 g/mol. The van der Waals surface area contributed by atoms with E-state index in [4.69, 9.17) is 9.47 Å². The highest BCUT2D eigenvalue weighted by atomic mass is 19.2. The summed E-state index contributed by atoms with van der Waals surface area (Å²) in [4.78, 5) is 0. The van der Waals surface area contributed by atoms with Gasteiger partial charge in [-0.3, -0.25) is 0 Å². The van der Waals surface area contributed by atoms with Crippen molar-refractivity contribution in [3.8, 4) is 16.9 Å². The van der Waals surface area contributed by atoms with Crippen molar-refractivity contribution in [2.45, 2.75) is 84.2 Å². The van der Waals surface area contributed by atoms with Gasteiger partial charge in [0.05, 0.1) is 19.3 Å². The molecule has 1 heterocycles. The van der Waals surface area contributed by atoms with Gasteiger partial charge < -0.3 is 9.47 Å². The molecule has 4 heteroatoms. The third-order valence-corrected chi connectivity index (χ3v) is 9.68. The average Bonchev–Trinajstić information content (AvgIpc) is 2.97. The van der Waals surface area contributed by atoms with Crippen LogP contribution in [0.15, 0.2) is 48.6 Å². The maximum absolute atomic E-state index is 14.6. The van der Waals surface area contributed by atoms with E-state index in [2.05, 4.69) is 19.1 Å². The van der Waals surface area contributed by atoms with Crippen LogP contribution < -0.4 is 4.74 Å². The van der Waals surface area contributed by atoms with Crippen molar-refractivity contribution in [3.05, 3.63) is 65.7 Å². The third-order valence-electron chi connectivity index (χ3n) is 9.68. The average molecular weight is 523 g/mol. The molecule has 3 fully saturated rings. The van der Waals surface area contributed by atoms with E-state index in [1.54, 1.807) is 13.0 Å². The Morgan fingerprint density at radius 1 is 0.763 bits per heavy atom. The molecule has 1 saturated heterocycles. The Hall–Kier alpha value is -2.20. The zero-order valence-electron chi connectivity index (χ0n) is 23.1. The number of ether oxygens (including phenoxy) is 2. The summed E-state index contributed by atoms with van der Waals surface area (Å²) in [5.41, 5.74) is 2.04. The molecule has 0 amide bonds. The summed E-state index contributed by atoms with van der Waals surface area (Å²) in [6.07, 6.45) is 18.2. The van der Waals surface area contributed by atoms with E-state index in [1.807, 2.05) is 24.3 Å². The summed E-state index contributed by atoms with van der Waals surface area (Å²) in [6, 6.07) is 10.8. The van der Waals surface area contributed by atoms with Gasteiger partial charge >= 0.3 is 0 Å². The molecule has 0 bridgehead atoms. The van der Waals surface area contributed by atoms with Gasteiger partial charge in [0.2, 0.25) is 5.82 Å². The standard InChI is InChI=1S/C34H44F2O2/c1-3-5-23-6-8-24(9-7-23)25-10-12-26(13-11-25)29-18-20-31(38-22-29)28-16-14-27(15-17-28)30-19-21-32(37-4-2)34(36)33(30)35/h3,5,14-17,19,21,23-26,29,31H,4,6-13,18,20,22H2,1-2H3. The minimum Gasteiger partial charge on any atom is -0.491 e. The first-order valence-corrected chi connectivity index (χ1v) is 15.0. The Labute approximate surface area is 227 Å². The van der Waals surface area contributed by atoms with E-state index >= 15 is 0 Å². The summed E-state index contributed by atoms with van der Waals surface area (Å²) < 4.78 is 40.5.